The lowest BCUT2D eigenvalue weighted by molar-refractivity contribution is -0.142. The topological polar surface area (TPSA) is 81.4 Å². The Morgan fingerprint density at radius 3 is 2.36 bits per heavy atom. The van der Waals surface area contributed by atoms with Crippen molar-refractivity contribution in [3.05, 3.63) is 76.8 Å². The van der Waals surface area contributed by atoms with Gasteiger partial charge in [-0.05, 0) is 55.2 Å². The van der Waals surface area contributed by atoms with Crippen LogP contribution < -0.4 is 5.56 Å². The van der Waals surface area contributed by atoms with Crippen molar-refractivity contribution < 1.29 is 19.0 Å². The van der Waals surface area contributed by atoms with Crippen LogP contribution >= 0.6 is 0 Å². The molecule has 0 bridgehead atoms. The number of nitrogens with zero attached hydrogens (tertiary/aromatic N) is 2. The van der Waals surface area contributed by atoms with Crippen molar-refractivity contribution in [1.82, 2.24) is 9.78 Å². The Balaban J connectivity index is 1.55. The highest BCUT2D eigenvalue weighted by atomic mass is 19.1. The highest BCUT2D eigenvalue weighted by Gasteiger charge is 2.23. The van der Waals surface area contributed by atoms with Crippen molar-refractivity contribution in [2.45, 2.75) is 32.2 Å². The van der Waals surface area contributed by atoms with Gasteiger partial charge in [-0.15, -0.1) is 0 Å². The maximum absolute atomic E-state index is 14.7. The van der Waals surface area contributed by atoms with Gasteiger partial charge in [0.15, 0.2) is 0 Å². The summed E-state index contributed by atoms with van der Waals surface area (Å²) in [5.41, 5.74) is 2.04. The molecule has 1 aromatic heterocycles. The van der Waals surface area contributed by atoms with Gasteiger partial charge < -0.3 is 9.84 Å². The van der Waals surface area contributed by atoms with Crippen LogP contribution in [-0.4, -0.2) is 34.1 Å². The average molecular weight is 451 g/mol. The molecule has 0 amide bonds. The number of carboxylic acids is 1. The average Bonchev–Trinajstić information content (AvgIpc) is 2.82. The molecule has 1 heterocycles. The van der Waals surface area contributed by atoms with E-state index < -0.39 is 5.97 Å². The van der Waals surface area contributed by atoms with Gasteiger partial charge in [0, 0.05) is 23.7 Å². The number of aliphatic carboxylic acids is 1. The van der Waals surface area contributed by atoms with Gasteiger partial charge in [0.25, 0.3) is 5.56 Å². The van der Waals surface area contributed by atoms with Crippen molar-refractivity contribution in [1.29, 1.82) is 0 Å². The number of hydrogen-bond donors (Lipinski definition) is 1. The smallest absolute Gasteiger partial charge is 0.329 e. The molecule has 1 fully saturated rings. The molecule has 0 atom stereocenters. The third-order valence-electron chi connectivity index (χ3n) is 6.19. The fourth-order valence-electron chi connectivity index (χ4n) is 4.45. The molecule has 1 saturated carbocycles. The molecule has 33 heavy (non-hydrogen) atoms. The van der Waals surface area contributed by atoms with Crippen LogP contribution in [0.2, 0.25) is 0 Å². The van der Waals surface area contributed by atoms with Crippen LogP contribution in [0.25, 0.3) is 22.4 Å². The fourth-order valence-corrected chi connectivity index (χ4v) is 4.45. The minimum atomic E-state index is -0.959. The van der Waals surface area contributed by atoms with E-state index in [1.807, 2.05) is 30.3 Å². The molecular formula is C26H27FN2O4. The van der Waals surface area contributed by atoms with E-state index in [2.05, 4.69) is 5.10 Å². The van der Waals surface area contributed by atoms with E-state index in [9.17, 15) is 14.0 Å². The third kappa shape index (κ3) is 5.73. The van der Waals surface area contributed by atoms with Crippen LogP contribution in [0.3, 0.4) is 0 Å². The molecule has 0 saturated heterocycles. The summed E-state index contributed by atoms with van der Waals surface area (Å²) in [5, 5.41) is 13.3. The molecule has 0 aliphatic heterocycles. The Morgan fingerprint density at radius 2 is 1.67 bits per heavy atom. The standard InChI is InChI=1S/C26H27FN2O4/c27-23-9-5-4-8-21(23)26-22(20-6-2-1-3-7-20)14-24(30)29(28-26)15-18-10-12-19(13-11-18)16-33-17-25(31)32/h1-9,14,18-19H,10-13,15-17H2,(H,31,32)/t18-,19+. The SMILES string of the molecule is O=C(O)COC[C@H]1CC[C@@H](Cn2nc(-c3ccccc3F)c(-c3ccccc3)cc2=O)CC1. The van der Waals surface area contributed by atoms with E-state index >= 15 is 0 Å². The van der Waals surface area contributed by atoms with Gasteiger partial charge in [0.1, 0.15) is 18.1 Å². The predicted octanol–water partition coefficient (Wildman–Crippen LogP) is 4.62. The lowest BCUT2D eigenvalue weighted by Crippen LogP contribution is -2.29. The Labute approximate surface area is 191 Å². The summed E-state index contributed by atoms with van der Waals surface area (Å²) in [5.74, 6) is -0.727. The first-order chi connectivity index (χ1) is 16.0. The van der Waals surface area contributed by atoms with Gasteiger partial charge in [0.05, 0.1) is 6.61 Å². The van der Waals surface area contributed by atoms with Crippen LogP contribution in [-0.2, 0) is 16.1 Å². The molecule has 2 aromatic carbocycles. The van der Waals surface area contributed by atoms with Crippen molar-refractivity contribution in [3.63, 3.8) is 0 Å². The molecule has 3 aromatic rings. The second-order valence-corrected chi connectivity index (χ2v) is 8.57. The fraction of sp³-hybridized carbons (Fsp3) is 0.346. The van der Waals surface area contributed by atoms with Crippen molar-refractivity contribution in [2.24, 2.45) is 11.8 Å². The molecule has 1 aliphatic carbocycles. The lowest BCUT2D eigenvalue weighted by atomic mass is 9.82. The maximum atomic E-state index is 14.7. The number of benzene rings is 2. The third-order valence-corrected chi connectivity index (χ3v) is 6.19. The summed E-state index contributed by atoms with van der Waals surface area (Å²) in [7, 11) is 0. The van der Waals surface area contributed by atoms with Crippen LogP contribution in [0.1, 0.15) is 25.7 Å². The van der Waals surface area contributed by atoms with Crippen LogP contribution in [0.4, 0.5) is 4.39 Å². The molecule has 0 spiro atoms. The summed E-state index contributed by atoms with van der Waals surface area (Å²) in [6.07, 6.45) is 3.65. The highest BCUT2D eigenvalue weighted by molar-refractivity contribution is 5.80. The number of rotatable bonds is 8. The van der Waals surface area contributed by atoms with E-state index in [0.717, 1.165) is 31.2 Å². The zero-order valence-corrected chi connectivity index (χ0v) is 18.3. The first kappa shape index (κ1) is 22.9. The Bertz CT molecular complexity index is 1150. The number of carbonyl (C=O) groups is 1. The molecule has 1 aliphatic rings. The normalized spacial score (nSPS) is 18.2. The highest BCUT2D eigenvalue weighted by Crippen LogP contribution is 2.32. The lowest BCUT2D eigenvalue weighted by Gasteiger charge is -2.28. The second kappa shape index (κ2) is 10.5. The first-order valence-corrected chi connectivity index (χ1v) is 11.2. The monoisotopic (exact) mass is 450 g/mol. The number of aromatic nitrogens is 2. The number of hydrogen-bond acceptors (Lipinski definition) is 4. The summed E-state index contributed by atoms with van der Waals surface area (Å²) in [6.45, 7) is 0.643. The Morgan fingerprint density at radius 1 is 1.00 bits per heavy atom. The number of ether oxygens (including phenoxy) is 1. The van der Waals surface area contributed by atoms with E-state index in [1.54, 1.807) is 24.3 Å². The summed E-state index contributed by atoms with van der Waals surface area (Å²) in [4.78, 5) is 23.6. The molecule has 4 rings (SSSR count). The van der Waals surface area contributed by atoms with Gasteiger partial charge >= 0.3 is 5.97 Å². The van der Waals surface area contributed by atoms with Crippen LogP contribution in [0.15, 0.2) is 65.5 Å². The van der Waals surface area contributed by atoms with Crippen molar-refractivity contribution in [3.8, 4) is 22.4 Å². The van der Waals surface area contributed by atoms with Crippen molar-refractivity contribution in [2.75, 3.05) is 13.2 Å². The van der Waals surface area contributed by atoms with Crippen molar-refractivity contribution >= 4 is 5.97 Å². The summed E-state index contributed by atoms with van der Waals surface area (Å²) >= 11 is 0. The molecule has 1 N–H and O–H groups in total. The van der Waals surface area contributed by atoms with Gasteiger partial charge in [-0.25, -0.2) is 13.9 Å². The van der Waals surface area contributed by atoms with E-state index in [4.69, 9.17) is 9.84 Å². The summed E-state index contributed by atoms with van der Waals surface area (Å²) in [6, 6.07) is 17.5. The van der Waals surface area contributed by atoms with Gasteiger partial charge in [-0.3, -0.25) is 4.79 Å². The first-order valence-electron chi connectivity index (χ1n) is 11.2. The largest absolute Gasteiger partial charge is 0.480 e. The summed E-state index contributed by atoms with van der Waals surface area (Å²) < 4.78 is 21.4. The Hall–Kier alpha value is -3.32. The molecule has 7 heteroatoms. The van der Waals surface area contributed by atoms with Gasteiger partial charge in [-0.1, -0.05) is 42.5 Å². The number of halogens is 1. The van der Waals surface area contributed by atoms with E-state index in [-0.39, 0.29) is 23.9 Å². The van der Waals surface area contributed by atoms with E-state index in [1.165, 1.54) is 10.7 Å². The zero-order valence-electron chi connectivity index (χ0n) is 18.3. The van der Waals surface area contributed by atoms with Crippen LogP contribution in [0.5, 0.6) is 0 Å². The molecule has 6 nitrogen and oxygen atoms in total. The number of carboxylic acid groups (broad SMARTS) is 1. The quantitative estimate of drug-likeness (QED) is 0.541. The molecule has 172 valence electrons. The zero-order chi connectivity index (χ0) is 23.2. The predicted molar refractivity (Wildman–Crippen MR) is 123 cm³/mol. The minimum Gasteiger partial charge on any atom is -0.480 e. The Kier molecular flexibility index (Phi) is 7.29. The molecular weight excluding hydrogens is 423 g/mol. The molecule has 0 radical (unpaired) electrons. The van der Waals surface area contributed by atoms with Gasteiger partial charge in [-0.2, -0.15) is 5.10 Å². The maximum Gasteiger partial charge on any atom is 0.329 e. The second-order valence-electron chi connectivity index (χ2n) is 8.57. The molecule has 0 unspecified atom stereocenters. The minimum absolute atomic E-state index is 0.208. The van der Waals surface area contributed by atoms with Gasteiger partial charge in [0.2, 0.25) is 0 Å². The van der Waals surface area contributed by atoms with Crippen LogP contribution in [0, 0.1) is 17.7 Å². The van der Waals surface area contributed by atoms with E-state index in [0.29, 0.717) is 35.9 Å².